The van der Waals surface area contributed by atoms with Gasteiger partial charge in [-0.15, -0.1) is 0 Å². The minimum atomic E-state index is -0.867. The molecule has 2 aliphatic rings. The molecule has 2 aromatic carbocycles. The highest BCUT2D eigenvalue weighted by molar-refractivity contribution is 8.14. The van der Waals surface area contributed by atoms with Gasteiger partial charge in [-0.05, 0) is 24.6 Å². The molecule has 182 valence electrons. The number of anilines is 1. The molecule has 3 N–H and O–H groups in total. The Labute approximate surface area is 211 Å². The van der Waals surface area contributed by atoms with Gasteiger partial charge in [0, 0.05) is 23.9 Å². The third-order valence-corrected chi connectivity index (χ3v) is 6.50. The predicted octanol–water partition coefficient (Wildman–Crippen LogP) is 2.76. The van der Waals surface area contributed by atoms with Gasteiger partial charge in [0.1, 0.15) is 11.9 Å². The predicted molar refractivity (Wildman–Crippen MR) is 138 cm³/mol. The quantitative estimate of drug-likeness (QED) is 0.458. The van der Waals surface area contributed by atoms with Crippen LogP contribution in [0.2, 0.25) is 0 Å². The van der Waals surface area contributed by atoms with Gasteiger partial charge in [0.25, 0.3) is 5.91 Å². The molecule has 0 fully saturated rings. The highest BCUT2D eigenvalue weighted by Crippen LogP contribution is 2.34. The lowest BCUT2D eigenvalue weighted by Crippen LogP contribution is -2.42. The fourth-order valence-electron chi connectivity index (χ4n) is 3.87. The van der Waals surface area contributed by atoms with Gasteiger partial charge >= 0.3 is 0 Å². The zero-order valence-corrected chi connectivity index (χ0v) is 20.2. The summed E-state index contributed by atoms with van der Waals surface area (Å²) in [5, 5.41) is 12.7. The number of hydrogen-bond acceptors (Lipinski definition) is 7. The number of amides is 3. The number of aromatic nitrogens is 2. The van der Waals surface area contributed by atoms with Crippen molar-refractivity contribution in [3.05, 3.63) is 77.5 Å². The molecule has 0 radical (unpaired) electrons. The van der Waals surface area contributed by atoms with Crippen molar-refractivity contribution in [3.8, 4) is 0 Å². The van der Waals surface area contributed by atoms with E-state index in [2.05, 4.69) is 30.8 Å². The summed E-state index contributed by atoms with van der Waals surface area (Å²) in [6.07, 6.45) is -0.0786. The van der Waals surface area contributed by atoms with E-state index in [1.54, 1.807) is 6.07 Å². The molecule has 0 spiro atoms. The normalized spacial score (nSPS) is 16.1. The molecule has 2 aliphatic heterocycles. The minimum absolute atomic E-state index is 0.0200. The van der Waals surface area contributed by atoms with Crippen LogP contribution >= 0.6 is 11.8 Å². The lowest BCUT2D eigenvalue weighted by molar-refractivity contribution is -0.128. The van der Waals surface area contributed by atoms with E-state index in [0.717, 1.165) is 23.0 Å². The van der Waals surface area contributed by atoms with E-state index in [4.69, 9.17) is 0 Å². The first-order chi connectivity index (χ1) is 17.5. The van der Waals surface area contributed by atoms with Crippen LogP contribution in [0.1, 0.15) is 23.2 Å². The van der Waals surface area contributed by atoms with E-state index in [9.17, 15) is 14.4 Å². The van der Waals surface area contributed by atoms with E-state index in [0.29, 0.717) is 34.6 Å². The van der Waals surface area contributed by atoms with Gasteiger partial charge in [-0.1, -0.05) is 54.2 Å². The molecule has 0 saturated heterocycles. The van der Waals surface area contributed by atoms with E-state index >= 15 is 0 Å². The smallest absolute Gasteiger partial charge is 0.259 e. The van der Waals surface area contributed by atoms with Crippen LogP contribution < -0.4 is 10.6 Å². The first-order valence-corrected chi connectivity index (χ1v) is 12.3. The molecule has 10 nitrogen and oxygen atoms in total. The number of H-pyrrole nitrogens is 1. The van der Waals surface area contributed by atoms with E-state index in [-0.39, 0.29) is 29.9 Å². The Morgan fingerprint density at radius 1 is 1.08 bits per heavy atom. The molecule has 3 aromatic rings. The Morgan fingerprint density at radius 2 is 1.86 bits per heavy atom. The Hall–Kier alpha value is -4.25. The number of para-hydroxylation sites is 1. The molecular weight excluding hydrogens is 478 g/mol. The maximum absolute atomic E-state index is 13.3. The molecule has 36 heavy (non-hydrogen) atoms. The molecule has 0 unspecified atom stereocenters. The molecule has 0 bridgehead atoms. The molecular formula is C25H23N7O3S. The summed E-state index contributed by atoms with van der Waals surface area (Å²) in [6, 6.07) is 17.8. The Morgan fingerprint density at radius 3 is 2.64 bits per heavy atom. The van der Waals surface area contributed by atoms with Gasteiger partial charge in [0.15, 0.2) is 11.0 Å². The zero-order valence-electron chi connectivity index (χ0n) is 19.4. The Bertz CT molecular complexity index is 1380. The van der Waals surface area contributed by atoms with Gasteiger partial charge in [-0.2, -0.15) is 5.10 Å². The molecule has 5 rings (SSSR count). The lowest BCUT2D eigenvalue weighted by atomic mass is 10.1. The van der Waals surface area contributed by atoms with E-state index in [1.165, 1.54) is 4.90 Å². The number of fused-ring (bicyclic) bond motifs is 3. The fourth-order valence-corrected chi connectivity index (χ4v) is 4.67. The number of thioether (sulfide) groups is 1. The van der Waals surface area contributed by atoms with Crippen molar-refractivity contribution >= 4 is 52.0 Å². The number of aryl methyl sites for hydroxylation is 1. The Balaban J connectivity index is 1.29. The summed E-state index contributed by atoms with van der Waals surface area (Å²) >= 11 is 1.13. The largest absolute Gasteiger partial charge is 0.352 e. The van der Waals surface area contributed by atoms with E-state index in [1.807, 2.05) is 61.5 Å². The maximum Gasteiger partial charge on any atom is 0.259 e. The van der Waals surface area contributed by atoms with Gasteiger partial charge in [-0.25, -0.2) is 9.89 Å². The average molecular weight is 502 g/mol. The topological polar surface area (TPSA) is 132 Å². The van der Waals surface area contributed by atoms with Crippen LogP contribution in [0, 0.1) is 6.92 Å². The molecule has 0 saturated carbocycles. The maximum atomic E-state index is 13.3. The van der Waals surface area contributed by atoms with Crippen LogP contribution in [0.4, 0.5) is 11.5 Å². The SMILES string of the molecule is Cc1cc(NC(=O)CSC2=Nc3ccccc3C3=N[C@H](CC(=O)NCc4ccccc4)C(=O)N23)n[nH]1. The number of carbonyl (C=O) groups is 3. The van der Waals surface area contributed by atoms with Gasteiger partial charge < -0.3 is 10.6 Å². The van der Waals surface area contributed by atoms with Crippen molar-refractivity contribution in [2.24, 2.45) is 9.98 Å². The number of rotatable bonds is 7. The first-order valence-electron chi connectivity index (χ1n) is 11.3. The second-order valence-corrected chi connectivity index (χ2v) is 9.24. The van der Waals surface area contributed by atoms with Gasteiger partial charge in [0.05, 0.1) is 17.9 Å². The fraction of sp³-hybridized carbons (Fsp3) is 0.200. The number of aliphatic imine (C=N–C) groups is 2. The van der Waals surface area contributed by atoms with Crippen LogP contribution in [0.25, 0.3) is 0 Å². The highest BCUT2D eigenvalue weighted by atomic mass is 32.2. The molecule has 1 atom stereocenters. The third kappa shape index (κ3) is 5.05. The van der Waals surface area contributed by atoms with Crippen molar-refractivity contribution in [2.45, 2.75) is 25.9 Å². The monoisotopic (exact) mass is 501 g/mol. The zero-order chi connectivity index (χ0) is 25.1. The summed E-state index contributed by atoms with van der Waals surface area (Å²) in [5.74, 6) is -0.00692. The first kappa shape index (κ1) is 23.5. The van der Waals surface area contributed by atoms with Gasteiger partial charge in [-0.3, -0.25) is 24.5 Å². The lowest BCUT2D eigenvalue weighted by Gasteiger charge is -2.25. The number of hydrogen-bond donors (Lipinski definition) is 3. The number of nitrogens with zero attached hydrogens (tertiary/aromatic N) is 4. The number of carbonyl (C=O) groups excluding carboxylic acids is 3. The second kappa shape index (κ2) is 10.2. The summed E-state index contributed by atoms with van der Waals surface area (Å²) in [5.41, 5.74) is 3.16. The molecule has 3 amide bonds. The van der Waals surface area contributed by atoms with Crippen LogP contribution in [0.15, 0.2) is 70.6 Å². The van der Waals surface area contributed by atoms with Crippen molar-refractivity contribution in [2.75, 3.05) is 11.1 Å². The number of benzene rings is 2. The van der Waals surface area contributed by atoms with Crippen molar-refractivity contribution < 1.29 is 14.4 Å². The van der Waals surface area contributed by atoms with Crippen LogP contribution in [-0.4, -0.2) is 55.6 Å². The number of aromatic amines is 1. The number of amidine groups is 2. The number of nitrogens with one attached hydrogen (secondary N) is 3. The third-order valence-electron chi connectivity index (χ3n) is 5.56. The van der Waals surface area contributed by atoms with Crippen molar-refractivity contribution in [1.82, 2.24) is 20.4 Å². The standard InChI is InChI=1S/C25H23N7O3S/c1-15-11-20(31-30-15)29-22(34)14-36-25-28-18-10-6-5-9-17(18)23-27-19(24(35)32(23)25)12-21(33)26-13-16-7-3-2-4-8-16/h2-11,19H,12-14H2,1H3,(H,26,33)(H2,29,30,31,34)/t19-/m1/s1. The van der Waals surface area contributed by atoms with Crippen LogP contribution in [-0.2, 0) is 20.9 Å². The average Bonchev–Trinajstić information content (AvgIpc) is 3.44. The van der Waals surface area contributed by atoms with Crippen molar-refractivity contribution in [1.29, 1.82) is 0 Å². The molecule has 11 heteroatoms. The summed E-state index contributed by atoms with van der Waals surface area (Å²) in [4.78, 5) is 49.0. The molecule has 1 aromatic heterocycles. The summed E-state index contributed by atoms with van der Waals surface area (Å²) in [7, 11) is 0. The molecule has 0 aliphatic carbocycles. The van der Waals surface area contributed by atoms with Crippen molar-refractivity contribution in [3.63, 3.8) is 0 Å². The van der Waals surface area contributed by atoms with Gasteiger partial charge in [0.2, 0.25) is 11.8 Å². The molecule has 3 heterocycles. The van der Waals surface area contributed by atoms with Crippen LogP contribution in [0.5, 0.6) is 0 Å². The van der Waals surface area contributed by atoms with E-state index < -0.39 is 6.04 Å². The summed E-state index contributed by atoms with van der Waals surface area (Å²) in [6.45, 7) is 2.21. The van der Waals surface area contributed by atoms with Crippen LogP contribution in [0.3, 0.4) is 0 Å². The minimum Gasteiger partial charge on any atom is -0.352 e. The summed E-state index contributed by atoms with van der Waals surface area (Å²) < 4.78 is 0. The second-order valence-electron chi connectivity index (χ2n) is 8.29. The highest BCUT2D eigenvalue weighted by Gasteiger charge is 2.42. The Kier molecular flexibility index (Phi) is 6.63.